The fourth-order valence-corrected chi connectivity index (χ4v) is 1.41. The minimum absolute atomic E-state index is 0.00536. The Morgan fingerprint density at radius 3 is 2.13 bits per heavy atom. The van der Waals surface area contributed by atoms with Gasteiger partial charge in [0.05, 0.1) is 6.10 Å². The predicted octanol–water partition coefficient (Wildman–Crippen LogP) is 2.03. The van der Waals surface area contributed by atoms with Gasteiger partial charge in [-0.15, -0.1) is 0 Å². The first-order chi connectivity index (χ1) is 6.90. The highest BCUT2D eigenvalue weighted by molar-refractivity contribution is 6.05. The molecule has 0 aliphatic rings. The van der Waals surface area contributed by atoms with Crippen LogP contribution < -0.4 is 0 Å². The van der Waals surface area contributed by atoms with Gasteiger partial charge in [-0.3, -0.25) is 9.59 Å². The van der Waals surface area contributed by atoms with Gasteiger partial charge in [-0.1, -0.05) is 6.92 Å². The van der Waals surface area contributed by atoms with E-state index in [1.807, 2.05) is 0 Å². The van der Waals surface area contributed by atoms with Crippen LogP contribution in [0.15, 0.2) is 11.1 Å². The molecule has 0 rings (SSSR count). The van der Waals surface area contributed by atoms with Gasteiger partial charge < -0.3 is 5.11 Å². The number of hydrogen-bond donors (Lipinski definition) is 1. The Bertz CT molecular complexity index is 275. The van der Waals surface area contributed by atoms with Crippen LogP contribution >= 0.6 is 0 Å². The Morgan fingerprint density at radius 2 is 1.80 bits per heavy atom. The van der Waals surface area contributed by atoms with Crippen molar-refractivity contribution in [2.75, 3.05) is 0 Å². The molecule has 3 heteroatoms. The van der Waals surface area contributed by atoms with Crippen LogP contribution in [0.1, 0.15) is 47.0 Å². The fraction of sp³-hybridized carbons (Fsp3) is 0.667. The first-order valence-electron chi connectivity index (χ1n) is 5.32. The van der Waals surface area contributed by atoms with E-state index in [4.69, 9.17) is 5.11 Å². The number of carbonyl (C=O) groups is 2. The van der Waals surface area contributed by atoms with Crippen LogP contribution in [0.25, 0.3) is 0 Å². The summed E-state index contributed by atoms with van der Waals surface area (Å²) in [5.41, 5.74) is 1.11. The van der Waals surface area contributed by atoms with Gasteiger partial charge in [-0.25, -0.2) is 0 Å². The van der Waals surface area contributed by atoms with Crippen LogP contribution in [0, 0.1) is 0 Å². The van der Waals surface area contributed by atoms with Crippen LogP contribution in [0.4, 0.5) is 0 Å². The molecule has 0 aliphatic heterocycles. The maximum atomic E-state index is 11.4. The van der Waals surface area contributed by atoms with E-state index in [0.717, 1.165) is 0 Å². The molecule has 0 aliphatic carbocycles. The van der Waals surface area contributed by atoms with E-state index in [1.165, 1.54) is 6.92 Å². The quantitative estimate of drug-likeness (QED) is 0.685. The Kier molecular flexibility index (Phi) is 6.09. The molecule has 0 saturated carbocycles. The molecule has 0 bridgehead atoms. The van der Waals surface area contributed by atoms with E-state index in [-0.39, 0.29) is 11.6 Å². The van der Waals surface area contributed by atoms with E-state index in [2.05, 4.69) is 0 Å². The number of carbonyl (C=O) groups excluding carboxylic acids is 2. The molecule has 0 radical (unpaired) electrons. The summed E-state index contributed by atoms with van der Waals surface area (Å²) in [5.74, 6) is -0.0688. The third-order valence-electron chi connectivity index (χ3n) is 2.43. The Hall–Kier alpha value is -0.960. The van der Waals surface area contributed by atoms with E-state index >= 15 is 0 Å². The molecule has 3 nitrogen and oxygen atoms in total. The van der Waals surface area contributed by atoms with Gasteiger partial charge in [0, 0.05) is 12.0 Å². The highest BCUT2D eigenvalue weighted by atomic mass is 16.3. The maximum absolute atomic E-state index is 11.4. The molecule has 0 heterocycles. The Balaban J connectivity index is 4.78. The summed E-state index contributed by atoms with van der Waals surface area (Å²) in [6.07, 6.45) is 0.967. The van der Waals surface area contributed by atoms with Crippen molar-refractivity contribution in [3.8, 4) is 0 Å². The number of aliphatic hydroxyl groups is 1. The van der Waals surface area contributed by atoms with Crippen molar-refractivity contribution >= 4 is 11.6 Å². The zero-order chi connectivity index (χ0) is 12.0. The van der Waals surface area contributed by atoms with E-state index in [1.54, 1.807) is 20.8 Å². The van der Waals surface area contributed by atoms with Gasteiger partial charge in [0.1, 0.15) is 0 Å². The molecule has 0 spiro atoms. The van der Waals surface area contributed by atoms with Gasteiger partial charge in [0.25, 0.3) is 0 Å². The molecule has 0 fully saturated rings. The molecule has 1 unspecified atom stereocenters. The second-order valence-electron chi connectivity index (χ2n) is 3.82. The minimum atomic E-state index is -0.441. The van der Waals surface area contributed by atoms with Crippen LogP contribution in [0.2, 0.25) is 0 Å². The molecule has 0 aromatic rings. The normalized spacial score (nSPS) is 14.5. The lowest BCUT2D eigenvalue weighted by atomic mass is 9.96. The predicted molar refractivity (Wildman–Crippen MR) is 59.6 cm³/mol. The number of hydrogen-bond acceptors (Lipinski definition) is 3. The number of Topliss-reactive ketones (excluding diaryl/α,β-unsaturated/α-hetero) is 2. The summed E-state index contributed by atoms with van der Waals surface area (Å²) < 4.78 is 0. The van der Waals surface area contributed by atoms with Crippen LogP contribution in [0.5, 0.6) is 0 Å². The third-order valence-corrected chi connectivity index (χ3v) is 2.43. The first-order valence-corrected chi connectivity index (χ1v) is 5.32. The summed E-state index contributed by atoms with van der Waals surface area (Å²) in [6, 6.07) is 0. The van der Waals surface area contributed by atoms with Crippen molar-refractivity contribution in [3.63, 3.8) is 0 Å². The van der Waals surface area contributed by atoms with Gasteiger partial charge in [-0.2, -0.15) is 0 Å². The van der Waals surface area contributed by atoms with Crippen molar-refractivity contribution in [1.82, 2.24) is 0 Å². The summed E-state index contributed by atoms with van der Waals surface area (Å²) in [4.78, 5) is 22.8. The van der Waals surface area contributed by atoms with Crippen molar-refractivity contribution in [2.45, 2.75) is 53.1 Å². The van der Waals surface area contributed by atoms with Crippen molar-refractivity contribution < 1.29 is 14.7 Å². The maximum Gasteiger partial charge on any atom is 0.158 e. The van der Waals surface area contributed by atoms with Gasteiger partial charge in [0.15, 0.2) is 11.6 Å². The lowest BCUT2D eigenvalue weighted by Gasteiger charge is -2.09. The molecule has 0 saturated heterocycles. The summed E-state index contributed by atoms with van der Waals surface area (Å²) in [7, 11) is 0. The smallest absolute Gasteiger partial charge is 0.158 e. The van der Waals surface area contributed by atoms with Crippen LogP contribution in [0.3, 0.4) is 0 Å². The first kappa shape index (κ1) is 14.0. The molecule has 1 atom stereocenters. The highest BCUT2D eigenvalue weighted by Crippen LogP contribution is 2.15. The van der Waals surface area contributed by atoms with Crippen LogP contribution in [-0.2, 0) is 9.59 Å². The van der Waals surface area contributed by atoms with Gasteiger partial charge in [0.2, 0.25) is 0 Å². The van der Waals surface area contributed by atoms with E-state index in [9.17, 15) is 9.59 Å². The largest absolute Gasteiger partial charge is 0.393 e. The standard InChI is InChI=1S/C12H20O3/c1-5-12(15)9(3)11(10(4)14)7-6-8(2)13/h8,13H,5-7H2,1-4H3/b11-9-. The zero-order valence-corrected chi connectivity index (χ0v) is 9.96. The van der Waals surface area contributed by atoms with E-state index < -0.39 is 6.10 Å². The molecule has 1 N–H and O–H groups in total. The second-order valence-corrected chi connectivity index (χ2v) is 3.82. The topological polar surface area (TPSA) is 54.4 Å². The van der Waals surface area contributed by atoms with Gasteiger partial charge >= 0.3 is 0 Å². The average molecular weight is 212 g/mol. The number of aliphatic hydroxyl groups excluding tert-OH is 1. The van der Waals surface area contributed by atoms with Crippen molar-refractivity contribution in [1.29, 1.82) is 0 Å². The molecule has 0 aromatic heterocycles. The molecule has 86 valence electrons. The number of ketones is 2. The average Bonchev–Trinajstić information content (AvgIpc) is 2.15. The Labute approximate surface area is 91.2 Å². The molecular weight excluding hydrogens is 192 g/mol. The molecular formula is C12H20O3. The number of rotatable bonds is 6. The lowest BCUT2D eigenvalue weighted by molar-refractivity contribution is -0.117. The second kappa shape index (κ2) is 6.51. The zero-order valence-electron chi connectivity index (χ0n) is 9.96. The minimum Gasteiger partial charge on any atom is -0.393 e. The lowest BCUT2D eigenvalue weighted by Crippen LogP contribution is -2.10. The van der Waals surface area contributed by atoms with E-state index in [0.29, 0.717) is 30.4 Å². The van der Waals surface area contributed by atoms with Gasteiger partial charge in [-0.05, 0) is 39.2 Å². The summed E-state index contributed by atoms with van der Waals surface area (Å²) in [5, 5.41) is 9.14. The monoisotopic (exact) mass is 212 g/mol. The Morgan fingerprint density at radius 1 is 1.27 bits per heavy atom. The van der Waals surface area contributed by atoms with Crippen LogP contribution in [-0.4, -0.2) is 22.8 Å². The third kappa shape index (κ3) is 4.88. The van der Waals surface area contributed by atoms with Crippen molar-refractivity contribution in [2.24, 2.45) is 0 Å². The van der Waals surface area contributed by atoms with Crippen molar-refractivity contribution in [3.05, 3.63) is 11.1 Å². The summed E-state index contributed by atoms with van der Waals surface area (Å²) in [6.45, 7) is 6.60. The SMILES string of the molecule is CCC(=O)/C(C)=C(/CCC(C)O)C(C)=O. The molecule has 0 aromatic carbocycles. The number of allylic oxidation sites excluding steroid dienone is 2. The summed E-state index contributed by atoms with van der Waals surface area (Å²) >= 11 is 0. The fourth-order valence-electron chi connectivity index (χ4n) is 1.41. The highest BCUT2D eigenvalue weighted by Gasteiger charge is 2.13. The molecule has 0 amide bonds. The molecule has 15 heavy (non-hydrogen) atoms.